The van der Waals surface area contributed by atoms with E-state index < -0.39 is 6.10 Å². The van der Waals surface area contributed by atoms with E-state index in [1.807, 2.05) is 0 Å². The average molecular weight is 735 g/mol. The lowest BCUT2D eigenvalue weighted by atomic mass is 10.1. The van der Waals surface area contributed by atoms with Crippen molar-refractivity contribution in [2.24, 2.45) is 0 Å². The topological polar surface area (TPSA) is 72.8 Å². The van der Waals surface area contributed by atoms with Crippen LogP contribution >= 0.6 is 0 Å². The highest BCUT2D eigenvalue weighted by atomic mass is 16.6. The van der Waals surface area contributed by atoms with Crippen LogP contribution in [0.15, 0.2) is 97.2 Å². The minimum absolute atomic E-state index is 0.0739. The fourth-order valence-electron chi connectivity index (χ4n) is 5.45. The molecule has 0 bridgehead atoms. The van der Waals surface area contributed by atoms with Gasteiger partial charge < -0.3 is 14.6 Å². The van der Waals surface area contributed by atoms with Gasteiger partial charge in [0.05, 0.1) is 6.61 Å². The molecule has 0 aromatic heterocycles. The summed E-state index contributed by atoms with van der Waals surface area (Å²) in [5.74, 6) is -0.618. The lowest BCUT2D eigenvalue weighted by Crippen LogP contribution is -2.28. The van der Waals surface area contributed by atoms with Crippen molar-refractivity contribution < 1.29 is 24.2 Å². The summed E-state index contributed by atoms with van der Waals surface area (Å²) in [5, 5.41) is 9.50. The minimum Gasteiger partial charge on any atom is -0.462 e. The first-order valence-corrected chi connectivity index (χ1v) is 21.3. The molecule has 5 nitrogen and oxygen atoms in total. The highest BCUT2D eigenvalue weighted by molar-refractivity contribution is 5.70. The van der Waals surface area contributed by atoms with Gasteiger partial charge in [-0.1, -0.05) is 182 Å². The van der Waals surface area contributed by atoms with Gasteiger partial charge in [-0.25, -0.2) is 0 Å². The van der Waals surface area contributed by atoms with Crippen molar-refractivity contribution in [3.8, 4) is 0 Å². The number of rotatable bonds is 37. The van der Waals surface area contributed by atoms with Crippen LogP contribution in [-0.4, -0.2) is 36.4 Å². The van der Waals surface area contributed by atoms with Gasteiger partial charge in [-0.2, -0.15) is 0 Å². The van der Waals surface area contributed by atoms with Crippen molar-refractivity contribution >= 4 is 11.9 Å². The van der Waals surface area contributed by atoms with E-state index in [1.54, 1.807) is 0 Å². The maximum absolute atomic E-state index is 12.1. The van der Waals surface area contributed by atoms with Crippen molar-refractivity contribution in [1.29, 1.82) is 0 Å². The zero-order valence-electron chi connectivity index (χ0n) is 34.0. The first kappa shape index (κ1) is 49.8. The third-order valence-electron chi connectivity index (χ3n) is 8.64. The van der Waals surface area contributed by atoms with Crippen LogP contribution in [0.4, 0.5) is 0 Å². The smallest absolute Gasteiger partial charge is 0.306 e. The fraction of sp³-hybridized carbons (Fsp3) is 0.625. The molecule has 1 N–H and O–H groups in total. The summed E-state index contributed by atoms with van der Waals surface area (Å²) in [6, 6.07) is 0. The highest BCUT2D eigenvalue weighted by Crippen LogP contribution is 2.12. The zero-order valence-corrected chi connectivity index (χ0v) is 34.0. The molecule has 0 aliphatic heterocycles. The number of aliphatic hydroxyl groups excluding tert-OH is 1. The molecule has 0 heterocycles. The lowest BCUT2D eigenvalue weighted by Gasteiger charge is -2.15. The molecule has 0 saturated carbocycles. The number of aliphatic hydroxyl groups is 1. The second-order valence-electron chi connectivity index (χ2n) is 13.7. The van der Waals surface area contributed by atoms with Crippen molar-refractivity contribution in [2.45, 2.75) is 180 Å². The Balaban J connectivity index is 3.59. The molecule has 0 aliphatic rings. The first-order valence-electron chi connectivity index (χ1n) is 21.3. The Morgan fingerprint density at radius 1 is 0.453 bits per heavy atom. The van der Waals surface area contributed by atoms with E-state index in [1.165, 1.54) is 51.4 Å². The van der Waals surface area contributed by atoms with Crippen molar-refractivity contribution in [3.63, 3.8) is 0 Å². The number of carbonyl (C=O) groups is 2. The van der Waals surface area contributed by atoms with E-state index in [4.69, 9.17) is 9.47 Å². The normalized spacial score (nSPS) is 13.2. The van der Waals surface area contributed by atoms with E-state index >= 15 is 0 Å². The Labute approximate surface area is 326 Å². The third kappa shape index (κ3) is 41.4. The summed E-state index contributed by atoms with van der Waals surface area (Å²) in [4.78, 5) is 24.0. The molecular weight excluding hydrogens is 657 g/mol. The number of hydrogen-bond acceptors (Lipinski definition) is 5. The Hall–Kier alpha value is -3.18. The van der Waals surface area contributed by atoms with Gasteiger partial charge in [0.1, 0.15) is 6.61 Å². The molecule has 0 amide bonds. The third-order valence-corrected chi connectivity index (χ3v) is 8.64. The summed E-state index contributed by atoms with van der Waals surface area (Å²) in [7, 11) is 0. The van der Waals surface area contributed by atoms with Crippen LogP contribution in [0.5, 0.6) is 0 Å². The van der Waals surface area contributed by atoms with Gasteiger partial charge in [0, 0.05) is 12.8 Å². The molecule has 5 heteroatoms. The molecule has 0 saturated heterocycles. The van der Waals surface area contributed by atoms with Gasteiger partial charge in [0.25, 0.3) is 0 Å². The molecule has 0 aliphatic carbocycles. The Bertz CT molecular complexity index is 1060. The molecule has 300 valence electrons. The van der Waals surface area contributed by atoms with Crippen LogP contribution in [-0.2, 0) is 19.1 Å². The Kier molecular flexibility index (Phi) is 40.6. The summed E-state index contributed by atoms with van der Waals surface area (Å²) < 4.78 is 10.5. The van der Waals surface area contributed by atoms with Crippen LogP contribution in [0.1, 0.15) is 174 Å². The number of carbonyl (C=O) groups excluding carboxylic acids is 2. The van der Waals surface area contributed by atoms with E-state index in [0.717, 1.165) is 96.3 Å². The molecule has 0 aromatic rings. The lowest BCUT2D eigenvalue weighted by molar-refractivity contribution is -0.161. The first-order chi connectivity index (χ1) is 26.1. The van der Waals surface area contributed by atoms with E-state index in [-0.39, 0.29) is 25.2 Å². The molecule has 0 spiro atoms. The summed E-state index contributed by atoms with van der Waals surface area (Å²) in [5.41, 5.74) is 0. The van der Waals surface area contributed by atoms with Crippen LogP contribution in [0.25, 0.3) is 0 Å². The van der Waals surface area contributed by atoms with E-state index in [2.05, 4.69) is 111 Å². The zero-order chi connectivity index (χ0) is 38.6. The summed E-state index contributed by atoms with van der Waals surface area (Å²) >= 11 is 0. The fourth-order valence-corrected chi connectivity index (χ4v) is 5.45. The second-order valence-corrected chi connectivity index (χ2v) is 13.7. The van der Waals surface area contributed by atoms with Gasteiger partial charge in [0.15, 0.2) is 6.10 Å². The van der Waals surface area contributed by atoms with Crippen molar-refractivity contribution in [3.05, 3.63) is 97.2 Å². The highest BCUT2D eigenvalue weighted by Gasteiger charge is 2.16. The summed E-state index contributed by atoms with van der Waals surface area (Å²) in [6.07, 6.45) is 60.8. The van der Waals surface area contributed by atoms with Gasteiger partial charge >= 0.3 is 11.9 Å². The number of esters is 2. The van der Waals surface area contributed by atoms with Crippen molar-refractivity contribution in [2.75, 3.05) is 13.2 Å². The SMILES string of the molecule is CC/C=C\C/C=C\C/C=C\C/C=C\C/C=C\C/C=C\C/C=C\C/C=C\CCCCCCCCCCC(=O)OC(CO)COC(=O)CCCCCCCC. The van der Waals surface area contributed by atoms with Gasteiger partial charge in [-0.05, 0) is 77.0 Å². The standard InChI is InChI=1S/C48H78O5/c1-3-5-7-9-11-12-13-14-15-16-17-18-19-20-21-22-23-24-25-26-27-28-29-30-31-32-33-34-35-36-37-39-41-43-48(51)53-46(44-49)45-52-47(50)42-40-38-10-8-6-4-2/h5,7,11-12,14-15,17-18,20-21,23-24,26-27,29-30,46,49H,3-4,6,8-10,13,16,19,22,25,28,31-45H2,1-2H3/b7-5-,12-11-,15-14-,18-17-,21-20-,24-23-,27-26-,30-29-. The van der Waals surface area contributed by atoms with Gasteiger partial charge in [0.2, 0.25) is 0 Å². The van der Waals surface area contributed by atoms with Crippen LogP contribution in [0.2, 0.25) is 0 Å². The maximum Gasteiger partial charge on any atom is 0.306 e. The monoisotopic (exact) mass is 735 g/mol. The molecule has 0 fully saturated rings. The molecule has 1 atom stereocenters. The number of allylic oxidation sites excluding steroid dienone is 16. The van der Waals surface area contributed by atoms with E-state index in [9.17, 15) is 14.7 Å². The predicted octanol–water partition coefficient (Wildman–Crippen LogP) is 13.7. The summed E-state index contributed by atoms with van der Waals surface area (Å²) in [6.45, 7) is 3.93. The maximum atomic E-state index is 12.1. The number of ether oxygens (including phenoxy) is 2. The number of hydrogen-bond donors (Lipinski definition) is 1. The quantitative estimate of drug-likeness (QED) is 0.0391. The molecule has 53 heavy (non-hydrogen) atoms. The second kappa shape index (κ2) is 43.2. The molecule has 1 unspecified atom stereocenters. The van der Waals surface area contributed by atoms with Crippen LogP contribution in [0.3, 0.4) is 0 Å². The van der Waals surface area contributed by atoms with Crippen LogP contribution < -0.4 is 0 Å². The van der Waals surface area contributed by atoms with Gasteiger partial charge in [-0.15, -0.1) is 0 Å². The Morgan fingerprint density at radius 2 is 0.811 bits per heavy atom. The molecule has 0 aromatic carbocycles. The molecule has 0 rings (SSSR count). The van der Waals surface area contributed by atoms with E-state index in [0.29, 0.717) is 12.8 Å². The number of unbranched alkanes of at least 4 members (excludes halogenated alkanes) is 13. The molecular formula is C48H78O5. The Morgan fingerprint density at radius 3 is 1.23 bits per heavy atom. The molecule has 0 radical (unpaired) electrons. The van der Waals surface area contributed by atoms with Crippen molar-refractivity contribution in [1.82, 2.24) is 0 Å². The predicted molar refractivity (Wildman–Crippen MR) is 228 cm³/mol. The minimum atomic E-state index is -0.777. The average Bonchev–Trinajstić information content (AvgIpc) is 3.16. The van der Waals surface area contributed by atoms with Crippen LogP contribution in [0, 0.1) is 0 Å². The van der Waals surface area contributed by atoms with Gasteiger partial charge in [-0.3, -0.25) is 9.59 Å². The largest absolute Gasteiger partial charge is 0.462 e.